The van der Waals surface area contributed by atoms with Crippen molar-refractivity contribution in [1.29, 1.82) is 0 Å². The minimum Gasteiger partial charge on any atom is -0.454 e. The van der Waals surface area contributed by atoms with Crippen LogP contribution in [0, 0.1) is 0 Å². The second-order valence-corrected chi connectivity index (χ2v) is 28.3. The van der Waals surface area contributed by atoms with Crippen molar-refractivity contribution < 1.29 is 4.42 Å². The molecule has 0 radical (unpaired) electrons. The summed E-state index contributed by atoms with van der Waals surface area (Å²) in [6.45, 7) is 12.3. The summed E-state index contributed by atoms with van der Waals surface area (Å²) in [7, 11) is -3.71. The Morgan fingerprint density at radius 2 is 0.969 bits per heavy atom. The molecule has 1 aliphatic rings. The van der Waals surface area contributed by atoms with Crippen molar-refractivity contribution in [1.82, 2.24) is 0 Å². The van der Waals surface area contributed by atoms with E-state index in [2.05, 4.69) is 237 Å². The molecule has 0 N–H and O–H groups in total. The zero-order valence-corrected chi connectivity index (χ0v) is 38.9. The molecule has 0 fully saturated rings. The van der Waals surface area contributed by atoms with Gasteiger partial charge in [-0.1, -0.05) is 165 Å². The normalized spacial score (nSPS) is 13.2. The van der Waals surface area contributed by atoms with Gasteiger partial charge < -0.3 is 14.2 Å². The van der Waals surface area contributed by atoms with Crippen LogP contribution in [0.4, 0.5) is 34.1 Å². The van der Waals surface area contributed by atoms with E-state index < -0.39 is 16.1 Å². The predicted molar refractivity (Wildman–Crippen MR) is 281 cm³/mol. The zero-order chi connectivity index (χ0) is 43.3. The number of rotatable bonds is 7. The van der Waals surface area contributed by atoms with Gasteiger partial charge >= 0.3 is 0 Å². The molecule has 0 amide bonds. The van der Waals surface area contributed by atoms with Crippen molar-refractivity contribution in [2.45, 2.75) is 32.7 Å². The fourth-order valence-corrected chi connectivity index (χ4v) is 14.8. The van der Waals surface area contributed by atoms with Gasteiger partial charge in [0.2, 0.25) is 0 Å². The van der Waals surface area contributed by atoms with Crippen molar-refractivity contribution >= 4 is 120 Å². The lowest BCUT2D eigenvalue weighted by molar-refractivity contribution is 0.669. The highest BCUT2D eigenvalue weighted by molar-refractivity contribution is 7.03. The van der Waals surface area contributed by atoms with Crippen molar-refractivity contribution in [2.24, 2.45) is 0 Å². The lowest BCUT2D eigenvalue weighted by Gasteiger charge is -2.36. The van der Waals surface area contributed by atoms with Gasteiger partial charge in [0, 0.05) is 38.9 Å². The number of hydrogen-bond donors (Lipinski definition) is 0. The lowest BCUT2D eigenvalue weighted by Crippen LogP contribution is -2.56. The third kappa shape index (κ3) is 5.92. The highest BCUT2D eigenvalue weighted by atomic mass is 28.3. The molecular formula is C59H48N2OSi2. The van der Waals surface area contributed by atoms with E-state index in [1.165, 1.54) is 70.4 Å². The van der Waals surface area contributed by atoms with Crippen LogP contribution in [-0.2, 0) is 0 Å². The van der Waals surface area contributed by atoms with Crippen molar-refractivity contribution in [2.75, 3.05) is 9.80 Å². The van der Waals surface area contributed by atoms with E-state index in [-0.39, 0.29) is 0 Å². The number of fused-ring (bicyclic) bond motifs is 9. The van der Waals surface area contributed by atoms with E-state index >= 15 is 0 Å². The summed E-state index contributed by atoms with van der Waals surface area (Å²) >= 11 is 0. The van der Waals surface area contributed by atoms with Gasteiger partial charge in [-0.25, -0.2) is 0 Å². The maximum Gasteiger partial charge on any atom is 0.159 e. The molecule has 12 rings (SSSR count). The molecular weight excluding hydrogens is 809 g/mol. The maximum atomic E-state index is 6.74. The summed E-state index contributed by atoms with van der Waals surface area (Å²) in [5, 5.41) is 14.3. The van der Waals surface area contributed by atoms with Crippen LogP contribution in [0.3, 0.4) is 0 Å². The topological polar surface area (TPSA) is 19.6 Å². The van der Waals surface area contributed by atoms with Gasteiger partial charge in [-0.05, 0) is 121 Å². The van der Waals surface area contributed by atoms with Crippen LogP contribution in [-0.4, -0.2) is 16.1 Å². The number of para-hydroxylation sites is 4. The SMILES string of the molecule is C[Si](C)(C)c1ccc(N(c2ccccc2)c2ccc3c(c2)[Si](C)(C)c2cccc4c2c-3cc2c3ccccc3c(N(c3ccccc3)c3cccc5c3oc3ccccc35)cc42)cc1. The van der Waals surface area contributed by atoms with Gasteiger partial charge in [-0.2, -0.15) is 0 Å². The Kier molecular flexibility index (Phi) is 8.68. The van der Waals surface area contributed by atoms with Crippen LogP contribution < -0.4 is 25.4 Å². The summed E-state index contributed by atoms with van der Waals surface area (Å²) in [6, 6.07) is 74.2. The first-order valence-electron chi connectivity index (χ1n) is 22.4. The number of benzene rings is 10. The molecule has 2 heterocycles. The van der Waals surface area contributed by atoms with Crippen LogP contribution >= 0.6 is 0 Å². The largest absolute Gasteiger partial charge is 0.454 e. The standard InChI is InChI=1S/C59H48N2OSi2/c1-63(2,3)43-33-30-41(31-34-43)60(39-18-8-6-9-19-39)42-32-35-47-52-37-50-44-22-12-13-23-45(44)54(38-51(50)48-25-17-29-56(58(48)52)64(4,5)57(47)36-42)61(40-20-10-7-11-21-40)53-27-16-26-49-46-24-14-15-28-55(46)62-59(49)53/h6-38H,1-5H3. The molecule has 0 spiro atoms. The van der Waals surface area contributed by atoms with E-state index in [0.29, 0.717) is 0 Å². The maximum absolute atomic E-state index is 6.74. The van der Waals surface area contributed by atoms with Crippen molar-refractivity contribution in [3.63, 3.8) is 0 Å². The molecule has 10 aromatic carbocycles. The number of nitrogens with zero attached hydrogens (tertiary/aromatic N) is 2. The highest BCUT2D eigenvalue weighted by Crippen LogP contribution is 2.49. The average molecular weight is 857 g/mol. The second-order valence-electron chi connectivity index (χ2n) is 18.9. The Balaban J connectivity index is 1.09. The lowest BCUT2D eigenvalue weighted by atomic mass is 9.89. The fourth-order valence-electron chi connectivity index (χ4n) is 10.6. The summed E-state index contributed by atoms with van der Waals surface area (Å²) in [5.41, 5.74) is 11.2. The molecule has 1 aliphatic heterocycles. The molecule has 0 aliphatic carbocycles. The van der Waals surface area contributed by atoms with Crippen molar-refractivity contribution in [3.05, 3.63) is 200 Å². The average Bonchev–Trinajstić information content (AvgIpc) is 3.71. The molecule has 0 saturated carbocycles. The summed E-state index contributed by atoms with van der Waals surface area (Å²) in [4.78, 5) is 4.85. The third-order valence-corrected chi connectivity index (χ3v) is 19.3. The van der Waals surface area contributed by atoms with Gasteiger partial charge in [0.05, 0.1) is 19.4 Å². The smallest absolute Gasteiger partial charge is 0.159 e. The quantitative estimate of drug-likeness (QED) is 0.118. The van der Waals surface area contributed by atoms with Gasteiger partial charge in [0.1, 0.15) is 13.7 Å². The fraction of sp³-hybridized carbons (Fsp3) is 0.0847. The third-order valence-electron chi connectivity index (χ3n) is 13.8. The monoisotopic (exact) mass is 856 g/mol. The Morgan fingerprint density at radius 3 is 1.70 bits per heavy atom. The van der Waals surface area contributed by atoms with Gasteiger partial charge in [-0.3, -0.25) is 0 Å². The Bertz CT molecular complexity index is 3630. The molecule has 64 heavy (non-hydrogen) atoms. The van der Waals surface area contributed by atoms with Crippen LogP contribution in [0.2, 0.25) is 32.7 Å². The molecule has 11 aromatic rings. The minimum atomic E-state index is -2.25. The summed E-state index contributed by atoms with van der Waals surface area (Å²) < 4.78 is 6.74. The van der Waals surface area contributed by atoms with E-state index in [4.69, 9.17) is 4.42 Å². The van der Waals surface area contributed by atoms with Crippen LogP contribution in [0.1, 0.15) is 0 Å². The summed E-state index contributed by atoms with van der Waals surface area (Å²) in [5.74, 6) is 0. The molecule has 0 bridgehead atoms. The van der Waals surface area contributed by atoms with Gasteiger partial charge in [0.25, 0.3) is 0 Å². The Morgan fingerprint density at radius 1 is 0.391 bits per heavy atom. The second kappa shape index (κ2) is 14.4. The Hall–Kier alpha value is -7.19. The molecule has 0 saturated heterocycles. The molecule has 0 atom stereocenters. The molecule has 5 heteroatoms. The first kappa shape index (κ1) is 38.5. The van der Waals surface area contributed by atoms with E-state index in [1.54, 1.807) is 0 Å². The first-order valence-corrected chi connectivity index (χ1v) is 28.9. The number of hydrogen-bond acceptors (Lipinski definition) is 3. The van der Waals surface area contributed by atoms with Crippen LogP contribution in [0.25, 0.3) is 65.4 Å². The number of furan rings is 1. The van der Waals surface area contributed by atoms with E-state index in [0.717, 1.165) is 44.7 Å². The molecule has 1 aromatic heterocycles. The van der Waals surface area contributed by atoms with Gasteiger partial charge in [0.15, 0.2) is 5.58 Å². The minimum absolute atomic E-state index is 0.881. The van der Waals surface area contributed by atoms with E-state index in [1.807, 2.05) is 6.07 Å². The summed E-state index contributed by atoms with van der Waals surface area (Å²) in [6.07, 6.45) is 0. The van der Waals surface area contributed by atoms with E-state index in [9.17, 15) is 0 Å². The first-order chi connectivity index (χ1) is 31.1. The molecule has 3 nitrogen and oxygen atoms in total. The highest BCUT2D eigenvalue weighted by Gasteiger charge is 2.37. The zero-order valence-electron chi connectivity index (χ0n) is 36.9. The van der Waals surface area contributed by atoms with Gasteiger partial charge in [-0.15, -0.1) is 0 Å². The van der Waals surface area contributed by atoms with Crippen LogP contribution in [0.5, 0.6) is 0 Å². The van der Waals surface area contributed by atoms with Crippen LogP contribution in [0.15, 0.2) is 205 Å². The van der Waals surface area contributed by atoms with Crippen molar-refractivity contribution in [3.8, 4) is 11.1 Å². The molecule has 0 unspecified atom stereocenters. The number of anilines is 6. The predicted octanol–water partition coefficient (Wildman–Crippen LogP) is 15.3. The Labute approximate surface area is 376 Å². The molecule has 308 valence electrons.